The van der Waals surface area contributed by atoms with E-state index in [2.05, 4.69) is 10.3 Å². The molecule has 6 nitrogen and oxygen atoms in total. The van der Waals surface area contributed by atoms with Crippen molar-refractivity contribution in [3.63, 3.8) is 0 Å². The largest absolute Gasteiger partial charge is 0.481 e. The predicted octanol–water partition coefficient (Wildman–Crippen LogP) is 5.61. The van der Waals surface area contributed by atoms with Crippen LogP contribution in [0.3, 0.4) is 0 Å². The summed E-state index contributed by atoms with van der Waals surface area (Å²) < 4.78 is 45.3. The molecule has 2 aromatic carbocycles. The molecular formula is C20H13Cl2F3N2O4. The van der Waals surface area contributed by atoms with E-state index in [4.69, 9.17) is 27.6 Å². The molecule has 1 heterocycles. The second kappa shape index (κ2) is 8.99. The highest BCUT2D eigenvalue weighted by Crippen LogP contribution is 2.36. The minimum atomic E-state index is -5.01. The van der Waals surface area contributed by atoms with E-state index in [1.54, 1.807) is 18.2 Å². The van der Waals surface area contributed by atoms with E-state index in [0.29, 0.717) is 0 Å². The second-order valence-electron chi connectivity index (χ2n) is 6.33. The maximum absolute atomic E-state index is 13.5. The summed E-state index contributed by atoms with van der Waals surface area (Å²) in [7, 11) is 0. The Balaban J connectivity index is 2.01. The van der Waals surface area contributed by atoms with Crippen LogP contribution in [0.15, 0.2) is 52.9 Å². The van der Waals surface area contributed by atoms with Crippen molar-refractivity contribution in [2.45, 2.75) is 18.6 Å². The summed E-state index contributed by atoms with van der Waals surface area (Å²) in [6, 6.07) is 10.8. The molecule has 0 aliphatic carbocycles. The summed E-state index contributed by atoms with van der Waals surface area (Å²) in [5.74, 6) is -4.60. The van der Waals surface area contributed by atoms with Crippen LogP contribution in [0.1, 0.15) is 34.3 Å². The van der Waals surface area contributed by atoms with Crippen molar-refractivity contribution in [3.05, 3.63) is 75.6 Å². The van der Waals surface area contributed by atoms with Gasteiger partial charge in [0, 0.05) is 5.56 Å². The van der Waals surface area contributed by atoms with Gasteiger partial charge in [-0.3, -0.25) is 9.59 Å². The molecule has 3 aromatic rings. The smallest absolute Gasteiger partial charge is 0.452 e. The number of rotatable bonds is 6. The van der Waals surface area contributed by atoms with Crippen molar-refractivity contribution >= 4 is 35.1 Å². The highest BCUT2D eigenvalue weighted by Gasteiger charge is 2.42. The van der Waals surface area contributed by atoms with E-state index in [-0.39, 0.29) is 21.2 Å². The van der Waals surface area contributed by atoms with Gasteiger partial charge in [0.2, 0.25) is 11.7 Å². The summed E-state index contributed by atoms with van der Waals surface area (Å²) in [6.45, 7) is 0. The van der Waals surface area contributed by atoms with Gasteiger partial charge in [-0.2, -0.15) is 13.2 Å². The van der Waals surface area contributed by atoms with Crippen molar-refractivity contribution in [3.8, 4) is 11.5 Å². The summed E-state index contributed by atoms with van der Waals surface area (Å²) in [5, 5.41) is 11.5. The molecule has 1 atom stereocenters. The van der Waals surface area contributed by atoms with Gasteiger partial charge in [-0.05, 0) is 23.8 Å². The third-order valence-corrected chi connectivity index (χ3v) is 4.99. The molecule has 0 aliphatic rings. The molecule has 31 heavy (non-hydrogen) atoms. The number of amides is 1. The zero-order valence-corrected chi connectivity index (χ0v) is 16.9. The fraction of sp³-hybridized carbons (Fsp3) is 0.150. The average Bonchev–Trinajstić information content (AvgIpc) is 3.16. The Morgan fingerprint density at radius 1 is 1.10 bits per heavy atom. The number of hydrogen-bond acceptors (Lipinski definition) is 4. The van der Waals surface area contributed by atoms with E-state index >= 15 is 0 Å². The molecule has 0 saturated heterocycles. The van der Waals surface area contributed by atoms with Crippen molar-refractivity contribution in [1.29, 1.82) is 0 Å². The fourth-order valence-electron chi connectivity index (χ4n) is 2.80. The third kappa shape index (κ3) is 5.18. The lowest BCUT2D eigenvalue weighted by atomic mass is 10.0. The van der Waals surface area contributed by atoms with Gasteiger partial charge in [-0.25, -0.2) is 4.98 Å². The van der Waals surface area contributed by atoms with Crippen molar-refractivity contribution in [1.82, 2.24) is 10.3 Å². The Hall–Kier alpha value is -3.04. The standard InChI is InChI=1S/C20H13Cl2F3N2O4/c21-12-8-4-7-11(15(12)22)13(9-14(28)29)26-18(30)16-17(20(23,24)25)31-19(27-16)10-5-2-1-3-6-10/h1-8,13H,9H2,(H,26,30)(H,28,29). The van der Waals surface area contributed by atoms with Gasteiger partial charge in [0.1, 0.15) is 0 Å². The first-order valence-corrected chi connectivity index (χ1v) is 9.43. The number of benzene rings is 2. The summed E-state index contributed by atoms with van der Waals surface area (Å²) in [5.41, 5.74) is -0.669. The lowest BCUT2D eigenvalue weighted by molar-refractivity contribution is -0.153. The third-order valence-electron chi connectivity index (χ3n) is 4.16. The van der Waals surface area contributed by atoms with Crippen molar-refractivity contribution in [2.24, 2.45) is 0 Å². The van der Waals surface area contributed by atoms with Crippen LogP contribution in [0, 0.1) is 0 Å². The lowest BCUT2D eigenvalue weighted by Gasteiger charge is -2.19. The summed E-state index contributed by atoms with van der Waals surface area (Å²) in [4.78, 5) is 27.7. The molecule has 1 aromatic heterocycles. The number of nitrogens with zero attached hydrogens (tertiary/aromatic N) is 1. The van der Waals surface area contributed by atoms with Crippen LogP contribution in [0.5, 0.6) is 0 Å². The number of carbonyl (C=O) groups is 2. The van der Waals surface area contributed by atoms with Crippen LogP contribution in [0.2, 0.25) is 10.0 Å². The number of alkyl halides is 3. The number of nitrogens with one attached hydrogen (secondary N) is 1. The Morgan fingerprint density at radius 3 is 2.39 bits per heavy atom. The molecule has 0 bridgehead atoms. The zero-order chi connectivity index (χ0) is 22.8. The number of aliphatic carboxylic acids is 1. The number of carboxylic acid groups (broad SMARTS) is 1. The van der Waals surface area contributed by atoms with Crippen molar-refractivity contribution in [2.75, 3.05) is 0 Å². The molecule has 1 unspecified atom stereocenters. The van der Waals surface area contributed by atoms with Crippen LogP contribution >= 0.6 is 23.2 Å². The van der Waals surface area contributed by atoms with Gasteiger partial charge >= 0.3 is 12.1 Å². The maximum Gasteiger partial charge on any atom is 0.452 e. The van der Waals surface area contributed by atoms with E-state index in [9.17, 15) is 27.9 Å². The zero-order valence-electron chi connectivity index (χ0n) is 15.4. The van der Waals surface area contributed by atoms with Crippen LogP contribution in [-0.2, 0) is 11.0 Å². The number of oxazole rings is 1. The summed E-state index contributed by atoms with van der Waals surface area (Å²) >= 11 is 12.0. The average molecular weight is 473 g/mol. The molecule has 0 aliphatic heterocycles. The SMILES string of the molecule is O=C(O)CC(NC(=O)c1nc(-c2ccccc2)oc1C(F)(F)F)c1cccc(Cl)c1Cl. The van der Waals surface area contributed by atoms with Crippen LogP contribution in [-0.4, -0.2) is 22.0 Å². The van der Waals surface area contributed by atoms with Gasteiger partial charge in [-0.1, -0.05) is 53.5 Å². The number of aromatic nitrogens is 1. The first-order valence-electron chi connectivity index (χ1n) is 8.68. The highest BCUT2D eigenvalue weighted by molar-refractivity contribution is 6.42. The normalized spacial score (nSPS) is 12.4. The second-order valence-corrected chi connectivity index (χ2v) is 7.11. The molecule has 0 radical (unpaired) electrons. The number of carboxylic acids is 1. The van der Waals surface area contributed by atoms with Crippen LogP contribution in [0.25, 0.3) is 11.5 Å². The monoisotopic (exact) mass is 472 g/mol. The number of hydrogen-bond donors (Lipinski definition) is 2. The topological polar surface area (TPSA) is 92.4 Å². The minimum absolute atomic E-state index is 0.0307. The summed E-state index contributed by atoms with van der Waals surface area (Å²) in [6.07, 6.45) is -5.67. The molecule has 3 rings (SSSR count). The van der Waals surface area contributed by atoms with E-state index < -0.39 is 47.9 Å². The number of carbonyl (C=O) groups excluding carboxylic acids is 1. The quantitative estimate of drug-likeness (QED) is 0.486. The van der Waals surface area contributed by atoms with Gasteiger partial charge in [0.25, 0.3) is 5.91 Å². The molecule has 0 fully saturated rings. The Morgan fingerprint density at radius 2 is 1.77 bits per heavy atom. The van der Waals surface area contributed by atoms with Crippen LogP contribution < -0.4 is 5.32 Å². The van der Waals surface area contributed by atoms with E-state index in [1.807, 2.05) is 0 Å². The molecule has 0 saturated carbocycles. The predicted molar refractivity (Wildman–Crippen MR) is 106 cm³/mol. The van der Waals surface area contributed by atoms with Gasteiger partial charge < -0.3 is 14.8 Å². The fourth-order valence-corrected chi connectivity index (χ4v) is 3.24. The first kappa shape index (κ1) is 22.6. The maximum atomic E-state index is 13.5. The highest BCUT2D eigenvalue weighted by atomic mass is 35.5. The Kier molecular flexibility index (Phi) is 6.56. The lowest BCUT2D eigenvalue weighted by Crippen LogP contribution is -2.32. The molecule has 162 valence electrons. The van der Waals surface area contributed by atoms with E-state index in [0.717, 1.165) is 0 Å². The molecule has 1 amide bonds. The molecule has 2 N–H and O–H groups in total. The molecular weight excluding hydrogens is 460 g/mol. The molecule has 11 heteroatoms. The Labute approximate surface area is 183 Å². The first-order chi connectivity index (χ1) is 14.6. The molecule has 0 spiro atoms. The van der Waals surface area contributed by atoms with Gasteiger partial charge in [0.05, 0.1) is 22.5 Å². The number of halogens is 5. The minimum Gasteiger partial charge on any atom is -0.481 e. The van der Waals surface area contributed by atoms with Gasteiger partial charge in [-0.15, -0.1) is 0 Å². The van der Waals surface area contributed by atoms with Crippen LogP contribution in [0.4, 0.5) is 13.2 Å². The Bertz CT molecular complexity index is 1120. The van der Waals surface area contributed by atoms with E-state index in [1.165, 1.54) is 30.3 Å². The van der Waals surface area contributed by atoms with Crippen molar-refractivity contribution < 1.29 is 32.3 Å². The van der Waals surface area contributed by atoms with Gasteiger partial charge in [0.15, 0.2) is 5.69 Å².